The normalized spacial score (nSPS) is 26.8. The molecule has 0 amide bonds. The Hall–Kier alpha value is -4.39. The molecule has 6 atom stereocenters. The van der Waals surface area contributed by atoms with Crippen molar-refractivity contribution in [1.82, 2.24) is 20.9 Å². The number of nitrogens with zero attached hydrogens (tertiary/aromatic N) is 2. The van der Waals surface area contributed by atoms with Crippen molar-refractivity contribution < 1.29 is 23.9 Å². The second-order valence-corrected chi connectivity index (χ2v) is 13.0. The predicted molar refractivity (Wildman–Crippen MR) is 189 cm³/mol. The quantitative estimate of drug-likeness (QED) is 0.0356. The van der Waals surface area contributed by atoms with E-state index < -0.39 is 28.7 Å². The van der Waals surface area contributed by atoms with Crippen LogP contribution in [0.2, 0.25) is 0 Å². The van der Waals surface area contributed by atoms with Crippen LogP contribution in [0.5, 0.6) is 0 Å². The second kappa shape index (κ2) is 15.4. The number of guanidine groups is 1. The third kappa shape index (κ3) is 7.17. The molecule has 2 aliphatic carbocycles. The summed E-state index contributed by atoms with van der Waals surface area (Å²) >= 11 is 0. The first-order valence-corrected chi connectivity index (χ1v) is 17.1. The number of aliphatic imine (C=N–C) groups is 1. The number of carbonyl (C=O) groups excluding carboxylic acids is 3. The lowest BCUT2D eigenvalue weighted by atomic mass is 9.72. The van der Waals surface area contributed by atoms with E-state index in [4.69, 9.17) is 15.2 Å². The van der Waals surface area contributed by atoms with Gasteiger partial charge in [0.2, 0.25) is 5.78 Å². The Balaban J connectivity index is 1.40. The molecule has 1 saturated heterocycles. The minimum absolute atomic E-state index is 0.0202. The lowest BCUT2D eigenvalue weighted by Gasteiger charge is -2.32. The van der Waals surface area contributed by atoms with Crippen molar-refractivity contribution in [2.75, 3.05) is 39.2 Å². The first-order chi connectivity index (χ1) is 23.6. The minimum atomic E-state index is -2.03. The largest absolute Gasteiger partial charge is 0.463 e. The molecule has 1 fully saturated rings. The predicted octanol–water partition coefficient (Wildman–Crippen LogP) is 3.68. The summed E-state index contributed by atoms with van der Waals surface area (Å²) in [5.74, 6) is -0.380. The highest BCUT2D eigenvalue weighted by molar-refractivity contribution is 6.32. The van der Waals surface area contributed by atoms with E-state index in [-0.39, 0.29) is 48.1 Å². The topological polar surface area (TPSA) is 172 Å². The summed E-state index contributed by atoms with van der Waals surface area (Å²) in [7, 11) is 3.44. The van der Waals surface area contributed by atoms with E-state index in [2.05, 4.69) is 50.3 Å². The van der Waals surface area contributed by atoms with Crippen molar-refractivity contribution in [2.45, 2.75) is 69.7 Å². The van der Waals surface area contributed by atoms with Crippen LogP contribution in [0.1, 0.15) is 78.8 Å². The summed E-state index contributed by atoms with van der Waals surface area (Å²) in [6, 6.07) is 10.2. The molecule has 2 heterocycles. The fourth-order valence-corrected chi connectivity index (χ4v) is 6.97. The van der Waals surface area contributed by atoms with E-state index in [0.29, 0.717) is 24.8 Å². The molecule has 0 bridgehead atoms. The molecular formula is C37H49N7O5. The second-order valence-electron chi connectivity index (χ2n) is 13.0. The van der Waals surface area contributed by atoms with Gasteiger partial charge >= 0.3 is 5.97 Å². The number of ether oxygens (including phenoxy) is 2. The summed E-state index contributed by atoms with van der Waals surface area (Å²) in [5, 5.41) is 13.0. The van der Waals surface area contributed by atoms with Crippen molar-refractivity contribution in [3.63, 3.8) is 0 Å². The number of anilines is 1. The van der Waals surface area contributed by atoms with Gasteiger partial charge in [-0.15, -0.1) is 0 Å². The molecule has 2 aromatic rings. The summed E-state index contributed by atoms with van der Waals surface area (Å²) in [4.78, 5) is 50.7. The molecule has 262 valence electrons. The number of fused-ring (bicyclic) bond motifs is 2. The number of epoxide rings is 1. The van der Waals surface area contributed by atoms with E-state index >= 15 is 0 Å². The van der Waals surface area contributed by atoms with Gasteiger partial charge in [0.15, 0.2) is 17.3 Å². The number of esters is 1. The molecule has 1 aromatic heterocycles. The monoisotopic (exact) mass is 671 g/mol. The smallest absolute Gasteiger partial charge is 0.350 e. The van der Waals surface area contributed by atoms with Gasteiger partial charge < -0.3 is 36.5 Å². The number of rotatable bonds is 15. The van der Waals surface area contributed by atoms with Crippen molar-refractivity contribution in [3.05, 3.63) is 83.1 Å². The first-order valence-electron chi connectivity index (χ1n) is 17.1. The highest BCUT2D eigenvalue weighted by atomic mass is 16.7. The van der Waals surface area contributed by atoms with Crippen molar-refractivity contribution in [1.29, 1.82) is 0 Å². The van der Waals surface area contributed by atoms with Crippen molar-refractivity contribution >= 4 is 29.3 Å². The maximum Gasteiger partial charge on any atom is 0.350 e. The molecule has 3 aliphatic rings. The lowest BCUT2D eigenvalue weighted by Crippen LogP contribution is -2.51. The Morgan fingerprint density at radius 3 is 2.63 bits per heavy atom. The summed E-state index contributed by atoms with van der Waals surface area (Å²) < 4.78 is 12.1. The van der Waals surface area contributed by atoms with Crippen molar-refractivity contribution in [3.8, 4) is 0 Å². The average molecular weight is 672 g/mol. The molecule has 0 spiro atoms. The summed E-state index contributed by atoms with van der Waals surface area (Å²) in [6.45, 7) is 7.53. The summed E-state index contributed by atoms with van der Waals surface area (Å²) in [5.41, 5.74) is 4.60. The van der Waals surface area contributed by atoms with Crippen LogP contribution >= 0.6 is 0 Å². The molecule has 1 aliphatic heterocycles. The number of hydrogen-bond acceptors (Lipinski definition) is 10. The maximum absolute atomic E-state index is 14.1. The number of benzene rings is 1. The lowest BCUT2D eigenvalue weighted by molar-refractivity contribution is -0.149. The van der Waals surface area contributed by atoms with E-state index in [1.54, 1.807) is 37.5 Å². The molecule has 49 heavy (non-hydrogen) atoms. The van der Waals surface area contributed by atoms with Crippen LogP contribution in [0.25, 0.3) is 0 Å². The number of Topliss-reactive ketones (excluding diaryl/α,β-unsaturated/α-hetero) is 2. The van der Waals surface area contributed by atoms with E-state index in [1.807, 2.05) is 39.1 Å². The SMILES string of the molecule is CCNC1C=CC(CC)CC1COC(=O)C12OC1(CC=C(C)CC(NC(N)=NC)c1ccnc(NCNC)c1)C(=O)c1ccccc1C2=O. The van der Waals surface area contributed by atoms with Crippen LogP contribution < -0.4 is 27.0 Å². The maximum atomic E-state index is 14.1. The number of ketones is 2. The minimum Gasteiger partial charge on any atom is -0.463 e. The molecule has 12 nitrogen and oxygen atoms in total. The Labute approximate surface area is 288 Å². The zero-order chi connectivity index (χ0) is 35.2. The molecule has 5 rings (SSSR count). The average Bonchev–Trinajstić information content (AvgIpc) is 3.83. The van der Waals surface area contributed by atoms with Gasteiger partial charge in [0, 0.05) is 42.8 Å². The van der Waals surface area contributed by atoms with Gasteiger partial charge in [-0.25, -0.2) is 9.78 Å². The highest BCUT2D eigenvalue weighted by Crippen LogP contribution is 2.58. The Kier molecular flexibility index (Phi) is 11.3. The zero-order valence-electron chi connectivity index (χ0n) is 29.0. The standard InChI is InChI=1S/C37H49N7O5/c1-6-24-12-13-29(41-7-2)26(19-24)21-48-34(47)37-33(46)28-11-9-8-10-27(28)32(45)36(37,49-37)16-14-23(3)18-30(44-35(38)40-5)25-15-17-42-31(20-25)43-22-39-4/h8-15,17,20,24,26,29-30,39,41H,6-7,16,18-19,21-22H2,1-5H3,(H,42,43)(H3,38,40,44). The van der Waals surface area contributed by atoms with E-state index in [9.17, 15) is 14.4 Å². The Morgan fingerprint density at radius 1 is 1.18 bits per heavy atom. The van der Waals surface area contributed by atoms with E-state index in [0.717, 1.165) is 30.5 Å². The number of allylic oxidation sites excluding steroid dienone is 1. The van der Waals surface area contributed by atoms with Crippen LogP contribution in [0.4, 0.5) is 5.82 Å². The molecule has 12 heteroatoms. The van der Waals surface area contributed by atoms with Crippen LogP contribution in [-0.2, 0) is 14.3 Å². The van der Waals surface area contributed by atoms with Gasteiger partial charge in [0.1, 0.15) is 5.82 Å². The Morgan fingerprint density at radius 2 is 1.94 bits per heavy atom. The van der Waals surface area contributed by atoms with Gasteiger partial charge in [-0.2, -0.15) is 0 Å². The van der Waals surface area contributed by atoms with Crippen LogP contribution in [0, 0.1) is 11.8 Å². The number of nitrogens with two attached hydrogens (primary N) is 1. The van der Waals surface area contributed by atoms with Crippen molar-refractivity contribution in [2.24, 2.45) is 22.6 Å². The van der Waals surface area contributed by atoms with Gasteiger partial charge in [0.05, 0.1) is 19.3 Å². The number of carbonyl (C=O) groups is 3. The number of aromatic nitrogens is 1. The number of likely N-dealkylation sites (N-methyl/N-ethyl adjacent to an activating group) is 1. The molecule has 1 aromatic carbocycles. The fourth-order valence-electron chi connectivity index (χ4n) is 6.97. The highest BCUT2D eigenvalue weighted by Gasteiger charge is 2.85. The van der Waals surface area contributed by atoms with Gasteiger partial charge in [-0.3, -0.25) is 14.6 Å². The Bertz CT molecular complexity index is 1640. The molecule has 6 N–H and O–H groups in total. The molecular weight excluding hydrogens is 622 g/mol. The number of pyridine rings is 1. The van der Waals surface area contributed by atoms with Gasteiger partial charge in [0.25, 0.3) is 5.60 Å². The molecule has 0 radical (unpaired) electrons. The third-order valence-corrected chi connectivity index (χ3v) is 9.80. The third-order valence-electron chi connectivity index (χ3n) is 9.80. The number of hydrogen-bond donors (Lipinski definition) is 5. The van der Waals surface area contributed by atoms with Gasteiger partial charge in [-0.1, -0.05) is 61.9 Å². The molecule has 0 saturated carbocycles. The van der Waals surface area contributed by atoms with Crippen LogP contribution in [0.15, 0.2) is 71.4 Å². The summed E-state index contributed by atoms with van der Waals surface area (Å²) in [6.07, 6.45) is 10.3. The fraction of sp³-hybridized carbons (Fsp3) is 0.486. The van der Waals surface area contributed by atoms with E-state index in [1.165, 1.54) is 0 Å². The zero-order valence-corrected chi connectivity index (χ0v) is 29.0. The number of nitrogens with one attached hydrogen (secondary N) is 4. The first kappa shape index (κ1) is 35.9. The van der Waals surface area contributed by atoms with Gasteiger partial charge in [-0.05, 0) is 63.4 Å². The van der Waals surface area contributed by atoms with Crippen LogP contribution in [-0.4, -0.2) is 79.6 Å². The molecule has 6 unspecified atom stereocenters. The van der Waals surface area contributed by atoms with Crippen LogP contribution in [0.3, 0.4) is 0 Å².